The first-order valence-corrected chi connectivity index (χ1v) is 65.1. The lowest BCUT2D eigenvalue weighted by atomic mass is 9.65. The van der Waals surface area contributed by atoms with E-state index in [9.17, 15) is 10.8 Å². The minimum Gasteiger partial charge on any atom is -0.399 e. The molecule has 0 spiro atoms. The molecule has 27 heteroatoms. The summed E-state index contributed by atoms with van der Waals surface area (Å²) in [6.07, 6.45) is 49.1. The van der Waals surface area contributed by atoms with E-state index in [4.69, 9.17) is 30.1 Å². The largest absolute Gasteiger partial charge is 0.498 e. The fourth-order valence-electron chi connectivity index (χ4n) is 22.1. The van der Waals surface area contributed by atoms with Crippen LogP contribution in [0.1, 0.15) is 391 Å². The van der Waals surface area contributed by atoms with E-state index in [1.165, 1.54) is 252 Å². The highest BCUT2D eigenvalue weighted by molar-refractivity contribution is 9.11. The zero-order chi connectivity index (χ0) is 104. The maximum atomic E-state index is 9.71. The fourth-order valence-corrected chi connectivity index (χ4v) is 35.4. The molecule has 1 saturated heterocycles. The Morgan fingerprint density at radius 3 is 0.877 bits per heavy atom. The van der Waals surface area contributed by atoms with Crippen LogP contribution in [0.2, 0.25) is 0 Å². The molecule has 6 aliphatic rings. The summed E-state index contributed by atoms with van der Waals surface area (Å²) in [6.45, 7) is 40.6. The van der Waals surface area contributed by atoms with Gasteiger partial charge in [-0.05, 0) is 291 Å². The minimum absolute atomic E-state index is 0. The average Bonchev–Trinajstić information content (AvgIpc) is 1.48. The number of nitrogens with one attached hydrogen (secondary N) is 4. The summed E-state index contributed by atoms with van der Waals surface area (Å²) in [6, 6.07) is 36.3. The smallest absolute Gasteiger partial charge is 0.399 e. The Morgan fingerprint density at radius 1 is 0.322 bits per heavy atom. The summed E-state index contributed by atoms with van der Waals surface area (Å²) in [4.78, 5) is 37.3. The van der Waals surface area contributed by atoms with E-state index in [1.54, 1.807) is 61.1 Å². The fraction of sp³-hybridized carbons (Fsp3) is 0.538. The zero-order valence-corrected chi connectivity index (χ0v) is 104. The van der Waals surface area contributed by atoms with Gasteiger partial charge in [-0.2, -0.15) is 13.5 Å². The third-order valence-corrected chi connectivity index (χ3v) is 45.4. The van der Waals surface area contributed by atoms with Crippen LogP contribution >= 0.6 is 184 Å². The molecule has 7 atom stereocenters. The van der Waals surface area contributed by atoms with Crippen LogP contribution in [0.25, 0.3) is 59.9 Å². The molecular formula is C119H158BBr2N9O2S13. The second-order valence-corrected chi connectivity index (χ2v) is 56.3. The van der Waals surface area contributed by atoms with Gasteiger partial charge in [-0.25, -0.2) is 8.80 Å². The van der Waals surface area contributed by atoms with Crippen LogP contribution in [0.3, 0.4) is 0 Å². The Kier molecular flexibility index (Phi) is 44.6. The normalized spacial score (nSPS) is 18.5. The Labute approximate surface area is 950 Å². The molecule has 7 unspecified atom stereocenters. The van der Waals surface area contributed by atoms with Crippen molar-refractivity contribution in [1.82, 2.24) is 0 Å². The highest BCUT2D eigenvalue weighted by atomic mass is 79.9. The van der Waals surface area contributed by atoms with Gasteiger partial charge in [-0.15, -0.1) is 113 Å². The van der Waals surface area contributed by atoms with Gasteiger partial charge in [0, 0.05) is 119 Å². The Morgan fingerprint density at radius 2 is 0.582 bits per heavy atom. The van der Waals surface area contributed by atoms with Crippen molar-refractivity contribution in [2.45, 2.75) is 371 Å². The third kappa shape index (κ3) is 27.1. The molecule has 0 saturated carbocycles. The topological polar surface area (TPSA) is 176 Å². The number of thiophene rings is 10. The lowest BCUT2D eigenvalue weighted by Crippen LogP contribution is -2.41. The summed E-state index contributed by atoms with van der Waals surface area (Å²) in [5.74, 6) is 4.95. The number of thiol groups is 2. The molecule has 0 aromatic carbocycles. The van der Waals surface area contributed by atoms with Gasteiger partial charge in [0.15, 0.2) is 0 Å². The summed E-state index contributed by atoms with van der Waals surface area (Å²) >= 11 is 35.1. The van der Waals surface area contributed by atoms with Gasteiger partial charge in [0.2, 0.25) is 0 Å². The summed E-state index contributed by atoms with van der Waals surface area (Å²) in [5.41, 5.74) is 11.1. The maximum absolute atomic E-state index is 9.71. The molecule has 0 bridgehead atoms. The van der Waals surface area contributed by atoms with Crippen LogP contribution in [0, 0.1) is 63.1 Å². The highest BCUT2D eigenvalue weighted by Crippen LogP contribution is 2.65. The zero-order valence-electron chi connectivity index (χ0n) is 89.6. The van der Waals surface area contributed by atoms with E-state index in [2.05, 4.69) is 259 Å². The Hall–Kier alpha value is -4.76. The Bertz CT molecular complexity index is 6060. The molecule has 4 aliphatic heterocycles. The SMILES string of the molecule is CCCCC(CC)CC1(CC(CC)CCCC)c2cc(Br)sc2-c2sc(Br)cc21.CCCCC(CC)Cc1ccc(-c2ccc(C3=NC=C(B4OC(C)(C)C(C)(C)O4)C(=N)C3=N)s2)s1.CCCCC(CC)Cc1ccc(-c2ccc(C3=NC=C(c4cc5c(s4)-c4sc(C6=CN=C(c7ccc(-c8ccc(CC(CC)CCCC)s8)s7)C(=N)C6=NS)cc4C5(CC(CC)CCCC)CC(CC)CCCC)C(=NS)C3=N)s2)s1.S. The van der Waals surface area contributed by atoms with Crippen LogP contribution in [0.4, 0.5) is 0 Å². The molecule has 10 aromatic heterocycles. The van der Waals surface area contributed by atoms with E-state index >= 15 is 0 Å². The van der Waals surface area contributed by atoms with Crippen LogP contribution in [0.5, 0.6) is 0 Å². The maximum Gasteiger partial charge on any atom is 0.498 e. The van der Waals surface area contributed by atoms with Crippen molar-refractivity contribution >= 4 is 254 Å². The van der Waals surface area contributed by atoms with Crippen LogP contribution in [-0.4, -0.2) is 69.7 Å². The Balaban J connectivity index is 0.000000223. The van der Waals surface area contributed by atoms with E-state index in [0.29, 0.717) is 57.3 Å². The van der Waals surface area contributed by atoms with Crippen LogP contribution in [-0.2, 0) is 39.4 Å². The first-order chi connectivity index (χ1) is 70.0. The molecule has 1 fully saturated rings. The molecule has 2 aliphatic carbocycles. The standard InChI is InChI=1S/C67H84N6S8.C27H36BN3O2S2.C25H36Br2S2.H2S/c1-9-17-21-41(13-5)33-45-25-27-51(76-45)53-29-31-55(78-53)63-59(68)61(72-74)47(39-70-63)57-35-49-65(80-57)66-50(67(49,37-43(15-7)23-19-11-3)38-44(16-8)24-20-12-4)36-58(81-66)48-40-71-64(60(69)62(48)73-75)56-32-30-54(79-56)52-28-26-46(77-52)34-42(14-6)22-18-10-2;1-7-9-10-17(8-2)15-18-11-12-20(34-18)21-13-14-22(35-21)25-24(30)23(29)19(16-31-25)28-32-26(3,4)27(5,6)33-28;1-5-9-11-17(7-3)15-25(16-18(8-4)12-10-6-2)19-13-21(26)28-23(19)24-20(25)14-22(27)29-24;/h25-32,35-36,39-44,68-69,74-75H,9-24,33-34,37-38H2,1-8H3;11-14,16-17,29-30H,7-10,15H2,1-6H3;13-14,17-18H,5-12,15-16H2,1-4H3;1H2. The molecule has 0 radical (unpaired) electrons. The molecule has 0 amide bonds. The number of rotatable bonds is 51. The van der Waals surface area contributed by atoms with Crippen molar-refractivity contribution in [1.29, 1.82) is 21.6 Å². The van der Waals surface area contributed by atoms with Gasteiger partial charge < -0.3 is 9.31 Å². The minimum atomic E-state index is -0.689. The van der Waals surface area contributed by atoms with E-state index in [-0.39, 0.29) is 35.7 Å². The summed E-state index contributed by atoms with van der Waals surface area (Å²) in [7, 11) is -0.689. The van der Waals surface area contributed by atoms with E-state index in [0.717, 1.165) is 110 Å². The number of hydrogen-bond acceptors (Lipinski definition) is 23. The van der Waals surface area contributed by atoms with E-state index < -0.39 is 18.3 Å². The van der Waals surface area contributed by atoms with Gasteiger partial charge in [-0.1, -0.05) is 277 Å². The van der Waals surface area contributed by atoms with Crippen molar-refractivity contribution in [3.63, 3.8) is 0 Å². The second kappa shape index (κ2) is 55.1. The van der Waals surface area contributed by atoms with Crippen LogP contribution < -0.4 is 0 Å². The van der Waals surface area contributed by atoms with Crippen molar-refractivity contribution in [2.75, 3.05) is 0 Å². The monoisotopic (exact) mass is 2330 g/mol. The number of allylic oxidation sites excluding steroid dienone is 3. The van der Waals surface area contributed by atoms with Gasteiger partial charge in [0.05, 0.1) is 39.1 Å². The molecule has 14 heterocycles. The number of hydrogen-bond donors (Lipinski definition) is 6. The van der Waals surface area contributed by atoms with E-state index in [1.807, 2.05) is 126 Å². The predicted molar refractivity (Wildman–Crippen MR) is 672 cm³/mol. The number of aliphatic imine (C=N–C) groups is 3. The predicted octanol–water partition coefficient (Wildman–Crippen LogP) is 41.2. The first-order valence-electron chi connectivity index (χ1n) is 54.5. The molecular weight excluding hydrogens is 2170 g/mol. The first kappa shape index (κ1) is 118. The molecule has 10 aromatic rings. The molecule has 11 nitrogen and oxygen atoms in total. The highest BCUT2D eigenvalue weighted by Gasteiger charge is 2.55. The van der Waals surface area contributed by atoms with Crippen molar-refractivity contribution in [3.05, 3.63) is 190 Å². The van der Waals surface area contributed by atoms with Crippen molar-refractivity contribution < 1.29 is 9.31 Å². The molecule has 786 valence electrons. The quantitative estimate of drug-likeness (QED) is 0.0165. The molecule has 4 N–H and O–H groups in total. The molecule has 146 heavy (non-hydrogen) atoms. The number of nitrogens with zero attached hydrogens (tertiary/aromatic N) is 5. The van der Waals surface area contributed by atoms with Crippen molar-refractivity contribution in [3.8, 4) is 48.8 Å². The number of halogens is 2. The number of unbranched alkanes of at least 4 members (excludes halogenated alkanes) is 7. The number of fused-ring (bicyclic) bond motifs is 6. The van der Waals surface area contributed by atoms with Gasteiger partial charge in [-0.3, -0.25) is 36.6 Å². The summed E-state index contributed by atoms with van der Waals surface area (Å²) < 4.78 is 24.0. The lowest BCUT2D eigenvalue weighted by molar-refractivity contribution is 0.00578. The third-order valence-electron chi connectivity index (χ3n) is 31.8. The van der Waals surface area contributed by atoms with Gasteiger partial charge in [0.1, 0.15) is 45.7 Å². The van der Waals surface area contributed by atoms with Crippen LogP contribution in [0.15, 0.2) is 152 Å². The average molecular weight is 2330 g/mol. The summed E-state index contributed by atoms with van der Waals surface area (Å²) in [5, 5.41) is 36.7. The van der Waals surface area contributed by atoms with Crippen molar-refractivity contribution in [2.24, 2.45) is 65.2 Å². The van der Waals surface area contributed by atoms with Gasteiger partial charge in [0.25, 0.3) is 0 Å². The lowest BCUT2D eigenvalue weighted by Gasteiger charge is -2.38. The molecule has 16 rings (SSSR count). The second-order valence-electron chi connectivity index (χ2n) is 42.2. The van der Waals surface area contributed by atoms with Gasteiger partial charge >= 0.3 is 7.12 Å².